The van der Waals surface area contributed by atoms with Gasteiger partial charge in [-0.25, -0.2) is 9.59 Å². The maximum atomic E-state index is 11.8. The normalized spacial score (nSPS) is 11.9. The lowest BCUT2D eigenvalue weighted by Crippen LogP contribution is -2.44. The molecular formula is C17H19NO6S. The summed E-state index contributed by atoms with van der Waals surface area (Å²) >= 11 is 1.32. The molecule has 0 aliphatic carbocycles. The number of carbonyl (C=O) groups excluding carboxylic acids is 1. The van der Waals surface area contributed by atoms with Crippen LogP contribution in [-0.2, 0) is 16.0 Å². The van der Waals surface area contributed by atoms with Crippen molar-refractivity contribution in [3.8, 4) is 5.75 Å². The highest BCUT2D eigenvalue weighted by Gasteiger charge is 2.19. The zero-order valence-electron chi connectivity index (χ0n) is 13.9. The zero-order valence-corrected chi connectivity index (χ0v) is 14.7. The zero-order chi connectivity index (χ0) is 18.4. The number of fused-ring (bicyclic) bond motifs is 1. The molecule has 2 rings (SSSR count). The molecule has 1 heterocycles. The maximum absolute atomic E-state index is 11.8. The number of ether oxygens (including phenoxy) is 1. The summed E-state index contributed by atoms with van der Waals surface area (Å²) in [6.45, 7) is 1.61. The molecule has 134 valence electrons. The van der Waals surface area contributed by atoms with E-state index in [2.05, 4.69) is 5.32 Å². The van der Waals surface area contributed by atoms with Crippen molar-refractivity contribution in [2.75, 3.05) is 18.6 Å². The molecule has 1 unspecified atom stereocenters. The fraction of sp³-hybridized carbons (Fsp3) is 0.353. The van der Waals surface area contributed by atoms with Gasteiger partial charge in [-0.2, -0.15) is 11.8 Å². The van der Waals surface area contributed by atoms with Crippen LogP contribution in [-0.4, -0.2) is 41.6 Å². The predicted molar refractivity (Wildman–Crippen MR) is 95.3 cm³/mol. The van der Waals surface area contributed by atoms with Crippen LogP contribution in [0.1, 0.15) is 12.5 Å². The number of carbonyl (C=O) groups is 2. The smallest absolute Gasteiger partial charge is 0.336 e. The lowest BCUT2D eigenvalue weighted by molar-refractivity contribution is -0.141. The molecule has 1 amide bonds. The van der Waals surface area contributed by atoms with E-state index in [0.29, 0.717) is 17.8 Å². The van der Waals surface area contributed by atoms with Crippen molar-refractivity contribution < 1.29 is 23.8 Å². The highest BCUT2D eigenvalue weighted by Crippen LogP contribution is 2.23. The molecule has 1 atom stereocenters. The molecule has 0 fully saturated rings. The van der Waals surface area contributed by atoms with E-state index in [0.717, 1.165) is 10.9 Å². The van der Waals surface area contributed by atoms with Crippen molar-refractivity contribution in [2.24, 2.45) is 0 Å². The molecule has 2 aromatic rings. The summed E-state index contributed by atoms with van der Waals surface area (Å²) in [5.74, 6) is -1.01. The summed E-state index contributed by atoms with van der Waals surface area (Å²) in [6.07, 6.45) is 2.45. The number of thioether (sulfide) groups is 1. The van der Waals surface area contributed by atoms with Gasteiger partial charge in [0, 0.05) is 23.3 Å². The van der Waals surface area contributed by atoms with E-state index in [9.17, 15) is 14.4 Å². The average molecular weight is 365 g/mol. The fourth-order valence-electron chi connectivity index (χ4n) is 2.32. The first-order chi connectivity index (χ1) is 11.9. The molecule has 1 aromatic heterocycles. The van der Waals surface area contributed by atoms with Gasteiger partial charge in [-0.1, -0.05) is 6.92 Å². The molecule has 2 N–H and O–H groups in total. The number of hydrogen-bond acceptors (Lipinski definition) is 6. The summed E-state index contributed by atoms with van der Waals surface area (Å²) in [7, 11) is 0. The van der Waals surface area contributed by atoms with Crippen LogP contribution in [0.2, 0.25) is 0 Å². The van der Waals surface area contributed by atoms with E-state index >= 15 is 0 Å². The van der Waals surface area contributed by atoms with Gasteiger partial charge in [0.05, 0.1) is 0 Å². The Morgan fingerprint density at radius 2 is 2.12 bits per heavy atom. The third-order valence-electron chi connectivity index (χ3n) is 3.52. The molecule has 0 aliphatic rings. The third-order valence-corrected chi connectivity index (χ3v) is 4.19. The number of benzene rings is 1. The number of nitrogens with one attached hydrogen (secondary N) is 1. The highest BCUT2D eigenvalue weighted by atomic mass is 32.2. The van der Waals surface area contributed by atoms with E-state index in [4.69, 9.17) is 14.3 Å². The minimum absolute atomic E-state index is 0.266. The lowest BCUT2D eigenvalue weighted by atomic mass is 10.1. The van der Waals surface area contributed by atoms with Gasteiger partial charge in [0.15, 0.2) is 6.61 Å². The topological polar surface area (TPSA) is 106 Å². The molecule has 25 heavy (non-hydrogen) atoms. The first-order valence-electron chi connectivity index (χ1n) is 7.65. The fourth-order valence-corrected chi connectivity index (χ4v) is 2.88. The predicted octanol–water partition coefficient (Wildman–Crippen LogP) is 1.67. The number of carboxylic acid groups (broad SMARTS) is 1. The van der Waals surface area contributed by atoms with Crippen molar-refractivity contribution in [1.82, 2.24) is 5.32 Å². The summed E-state index contributed by atoms with van der Waals surface area (Å²) in [6, 6.07) is 5.46. The molecule has 0 aliphatic heterocycles. The Balaban J connectivity index is 2.07. The van der Waals surface area contributed by atoms with Crippen molar-refractivity contribution in [2.45, 2.75) is 19.4 Å². The van der Waals surface area contributed by atoms with E-state index < -0.39 is 23.5 Å². The van der Waals surface area contributed by atoms with Crippen LogP contribution < -0.4 is 15.7 Å². The van der Waals surface area contributed by atoms with E-state index in [1.165, 1.54) is 17.8 Å². The molecule has 0 spiro atoms. The number of rotatable bonds is 8. The van der Waals surface area contributed by atoms with Crippen molar-refractivity contribution in [1.29, 1.82) is 0 Å². The Labute approximate surface area is 148 Å². The molecule has 0 bridgehead atoms. The second kappa shape index (κ2) is 8.57. The van der Waals surface area contributed by atoms with Crippen LogP contribution in [0.25, 0.3) is 11.0 Å². The largest absolute Gasteiger partial charge is 0.484 e. The summed E-state index contributed by atoms with van der Waals surface area (Å²) in [5, 5.41) is 12.2. The van der Waals surface area contributed by atoms with Gasteiger partial charge < -0.3 is 19.6 Å². The van der Waals surface area contributed by atoms with E-state index in [1.807, 2.05) is 6.92 Å². The van der Waals surface area contributed by atoms with E-state index in [-0.39, 0.29) is 12.4 Å². The number of hydrogen-bond donors (Lipinski definition) is 2. The van der Waals surface area contributed by atoms with Gasteiger partial charge in [-0.15, -0.1) is 0 Å². The number of aryl methyl sites for hydroxylation is 1. The monoisotopic (exact) mass is 365 g/mol. The van der Waals surface area contributed by atoms with Crippen molar-refractivity contribution in [3.05, 3.63) is 40.2 Å². The SMILES string of the molecule is CCc1cc(=O)oc2cc(OCC(=O)NC(CSC)C(=O)O)ccc12. The summed E-state index contributed by atoms with van der Waals surface area (Å²) in [5.41, 5.74) is 0.811. The number of aliphatic carboxylic acids is 1. The van der Waals surface area contributed by atoms with Crippen molar-refractivity contribution >= 4 is 34.6 Å². The molecule has 0 saturated carbocycles. The van der Waals surface area contributed by atoms with Gasteiger partial charge >= 0.3 is 11.6 Å². The Morgan fingerprint density at radius 3 is 2.76 bits per heavy atom. The molecule has 1 aromatic carbocycles. The van der Waals surface area contributed by atoms with Crippen LogP contribution in [0, 0.1) is 0 Å². The van der Waals surface area contributed by atoms with Gasteiger partial charge in [-0.05, 0) is 30.4 Å². The quantitative estimate of drug-likeness (QED) is 0.685. The van der Waals surface area contributed by atoms with Gasteiger partial charge in [0.25, 0.3) is 5.91 Å². The summed E-state index contributed by atoms with van der Waals surface area (Å²) < 4.78 is 10.5. The number of amides is 1. The number of carboxylic acids is 1. The Kier molecular flexibility index (Phi) is 6.46. The van der Waals surface area contributed by atoms with Gasteiger partial charge in [0.2, 0.25) is 0 Å². The molecule has 0 radical (unpaired) electrons. The van der Waals surface area contributed by atoms with Crippen LogP contribution in [0.3, 0.4) is 0 Å². The Bertz CT molecular complexity index is 831. The molecule has 7 nitrogen and oxygen atoms in total. The Morgan fingerprint density at radius 1 is 1.36 bits per heavy atom. The minimum Gasteiger partial charge on any atom is -0.484 e. The van der Waals surface area contributed by atoms with Crippen LogP contribution in [0.5, 0.6) is 5.75 Å². The van der Waals surface area contributed by atoms with Gasteiger partial charge in [-0.3, -0.25) is 4.79 Å². The molecule has 0 saturated heterocycles. The average Bonchev–Trinajstić information content (AvgIpc) is 2.58. The molecular weight excluding hydrogens is 346 g/mol. The minimum atomic E-state index is -1.10. The summed E-state index contributed by atoms with van der Waals surface area (Å²) in [4.78, 5) is 34.4. The maximum Gasteiger partial charge on any atom is 0.336 e. The first kappa shape index (κ1) is 18.9. The van der Waals surface area contributed by atoms with Gasteiger partial charge in [0.1, 0.15) is 17.4 Å². The highest BCUT2D eigenvalue weighted by molar-refractivity contribution is 7.98. The van der Waals surface area contributed by atoms with Crippen LogP contribution >= 0.6 is 11.8 Å². The van der Waals surface area contributed by atoms with Crippen LogP contribution in [0.15, 0.2) is 33.5 Å². The second-order valence-electron chi connectivity index (χ2n) is 5.30. The lowest BCUT2D eigenvalue weighted by Gasteiger charge is -2.13. The second-order valence-corrected chi connectivity index (χ2v) is 6.22. The van der Waals surface area contributed by atoms with E-state index in [1.54, 1.807) is 24.5 Å². The first-order valence-corrected chi connectivity index (χ1v) is 9.04. The standard InChI is InChI=1S/C17H19NO6S/c1-3-10-6-16(20)24-14-7-11(4-5-12(10)14)23-8-15(19)18-13(9-25-2)17(21)22/h4-7,13H,3,8-9H2,1-2H3,(H,18,19)(H,21,22). The molecule has 8 heteroatoms. The van der Waals surface area contributed by atoms with Crippen LogP contribution in [0.4, 0.5) is 0 Å². The Hall–Kier alpha value is -2.48. The van der Waals surface area contributed by atoms with Crippen molar-refractivity contribution in [3.63, 3.8) is 0 Å². The third kappa shape index (κ3) is 4.99.